The first kappa shape index (κ1) is 18.1. The molecule has 1 saturated carbocycles. The Morgan fingerprint density at radius 2 is 1.66 bits per heavy atom. The van der Waals surface area contributed by atoms with Crippen LogP contribution in [-0.2, 0) is 16.2 Å². The molecule has 0 spiro atoms. The topological polar surface area (TPSA) is 59.0 Å². The van der Waals surface area contributed by atoms with Gasteiger partial charge in [-0.2, -0.15) is 10.1 Å². The van der Waals surface area contributed by atoms with Gasteiger partial charge >= 0.3 is 0 Å². The van der Waals surface area contributed by atoms with Crippen molar-refractivity contribution < 1.29 is 14.3 Å². The zero-order valence-electron chi connectivity index (χ0n) is 15.6. The minimum Gasteiger partial charge on any atom is -0.488 e. The molecular formula is C23H19ClN2O3. The molecule has 1 heterocycles. The molecule has 29 heavy (non-hydrogen) atoms. The average molecular weight is 407 g/mol. The Labute approximate surface area is 173 Å². The molecule has 146 valence electrons. The number of allylic oxidation sites excluding steroid dienone is 2. The summed E-state index contributed by atoms with van der Waals surface area (Å²) in [5.74, 6) is 0.123. The molecule has 0 unspecified atom stereocenters. The quantitative estimate of drug-likeness (QED) is 0.427. The molecule has 2 fully saturated rings. The second-order valence-corrected chi connectivity index (χ2v) is 8.12. The third kappa shape index (κ3) is 3.15. The van der Waals surface area contributed by atoms with Crippen LogP contribution in [0.15, 0.2) is 65.8 Å². The number of halogens is 1. The molecule has 6 heteroatoms. The minimum atomic E-state index is -0.244. The van der Waals surface area contributed by atoms with Gasteiger partial charge in [0.05, 0.1) is 18.1 Å². The van der Waals surface area contributed by atoms with Crippen molar-refractivity contribution in [1.82, 2.24) is 5.01 Å². The summed E-state index contributed by atoms with van der Waals surface area (Å²) in [6, 6.07) is 14.9. The molecule has 3 aliphatic rings. The van der Waals surface area contributed by atoms with Gasteiger partial charge < -0.3 is 4.74 Å². The molecule has 2 aliphatic carbocycles. The summed E-state index contributed by atoms with van der Waals surface area (Å²) in [4.78, 5) is 25.5. The molecule has 2 amide bonds. The van der Waals surface area contributed by atoms with Crippen LogP contribution in [0.5, 0.6) is 5.75 Å². The third-order valence-corrected chi connectivity index (χ3v) is 6.24. The van der Waals surface area contributed by atoms with Crippen LogP contribution in [-0.4, -0.2) is 23.0 Å². The number of para-hydroxylation sites is 1. The van der Waals surface area contributed by atoms with E-state index < -0.39 is 0 Å². The van der Waals surface area contributed by atoms with Gasteiger partial charge in [0.2, 0.25) is 0 Å². The predicted octanol–water partition coefficient (Wildman–Crippen LogP) is 4.06. The highest BCUT2D eigenvalue weighted by molar-refractivity contribution is 6.30. The second kappa shape index (κ2) is 7.16. The second-order valence-electron chi connectivity index (χ2n) is 7.69. The molecule has 2 aromatic rings. The van der Waals surface area contributed by atoms with Gasteiger partial charge in [0.1, 0.15) is 12.4 Å². The normalized spacial score (nSPS) is 27.3. The van der Waals surface area contributed by atoms with Crippen molar-refractivity contribution in [3.05, 3.63) is 76.8 Å². The number of hydrogen-bond donors (Lipinski definition) is 0. The molecule has 1 aliphatic heterocycles. The first-order chi connectivity index (χ1) is 14.1. The van der Waals surface area contributed by atoms with Crippen molar-refractivity contribution in [2.75, 3.05) is 0 Å². The summed E-state index contributed by atoms with van der Waals surface area (Å²) in [7, 11) is 0. The number of carbonyl (C=O) groups is 2. The molecule has 1 saturated heterocycles. The van der Waals surface area contributed by atoms with E-state index in [1.54, 1.807) is 0 Å². The Morgan fingerprint density at radius 3 is 2.34 bits per heavy atom. The first-order valence-electron chi connectivity index (χ1n) is 9.68. The van der Waals surface area contributed by atoms with E-state index in [-0.39, 0.29) is 35.5 Å². The number of fused-ring (bicyclic) bond motifs is 5. The number of amides is 2. The van der Waals surface area contributed by atoms with Crippen molar-refractivity contribution in [3.63, 3.8) is 0 Å². The van der Waals surface area contributed by atoms with E-state index in [0.29, 0.717) is 22.9 Å². The molecule has 0 N–H and O–H groups in total. The summed E-state index contributed by atoms with van der Waals surface area (Å²) in [5.41, 5.74) is 1.70. The molecule has 0 aromatic heterocycles. The van der Waals surface area contributed by atoms with Crippen molar-refractivity contribution in [2.24, 2.45) is 28.8 Å². The summed E-state index contributed by atoms with van der Waals surface area (Å²) in [6.45, 7) is 0.378. The summed E-state index contributed by atoms with van der Waals surface area (Å²) in [6.07, 6.45) is 6.59. The fourth-order valence-corrected chi connectivity index (χ4v) is 4.71. The van der Waals surface area contributed by atoms with Crippen LogP contribution in [0.2, 0.25) is 5.02 Å². The number of benzene rings is 2. The Morgan fingerprint density at radius 1 is 1.00 bits per heavy atom. The summed E-state index contributed by atoms with van der Waals surface area (Å²) < 4.78 is 5.92. The third-order valence-electron chi connectivity index (χ3n) is 5.99. The van der Waals surface area contributed by atoms with Gasteiger partial charge in [0.15, 0.2) is 0 Å². The standard InChI is InChI=1S/C23H19ClN2O3/c24-18-9-5-14(6-10-18)13-29-19-4-2-1-3-17(19)12-25-26-22(27)20-15-7-8-16(11-15)21(20)23(26)28/h1-10,12,15-16,20-21H,11,13H2/b25-12-/t15-,16+,20-,21+. The van der Waals surface area contributed by atoms with E-state index in [0.717, 1.165) is 17.0 Å². The fraction of sp³-hybridized carbons (Fsp3) is 0.261. The van der Waals surface area contributed by atoms with Gasteiger partial charge in [0.25, 0.3) is 11.8 Å². The Kier molecular flexibility index (Phi) is 4.47. The molecular weight excluding hydrogens is 388 g/mol. The van der Waals surface area contributed by atoms with Crippen LogP contribution in [0.4, 0.5) is 0 Å². The number of carbonyl (C=O) groups excluding carboxylic acids is 2. The molecule has 5 nitrogen and oxygen atoms in total. The van der Waals surface area contributed by atoms with Crippen LogP contribution in [0.3, 0.4) is 0 Å². The molecule has 2 aromatic carbocycles. The van der Waals surface area contributed by atoms with Crippen LogP contribution in [0.1, 0.15) is 17.5 Å². The number of hydrazone groups is 1. The SMILES string of the molecule is O=C1[C@@H]2[C@H](C(=O)N1/N=C\c1ccccc1OCc1ccc(Cl)cc1)[C@@H]1C=C[C@H]2C1. The van der Waals surface area contributed by atoms with Gasteiger partial charge in [0, 0.05) is 10.6 Å². The Bertz CT molecular complexity index is 1000. The lowest BCUT2D eigenvalue weighted by Gasteiger charge is -2.13. The zero-order valence-corrected chi connectivity index (χ0v) is 16.3. The largest absolute Gasteiger partial charge is 0.488 e. The lowest BCUT2D eigenvalue weighted by molar-refractivity contribution is -0.140. The highest BCUT2D eigenvalue weighted by Gasteiger charge is 2.59. The number of hydrogen-bond acceptors (Lipinski definition) is 4. The van der Waals surface area contributed by atoms with Gasteiger partial charge in [-0.25, -0.2) is 0 Å². The van der Waals surface area contributed by atoms with Crippen molar-refractivity contribution >= 4 is 29.6 Å². The molecule has 5 rings (SSSR count). The van der Waals surface area contributed by atoms with E-state index in [1.807, 2.05) is 48.5 Å². The lowest BCUT2D eigenvalue weighted by atomic mass is 9.85. The van der Waals surface area contributed by atoms with Gasteiger partial charge in [-0.05, 0) is 48.1 Å². The van der Waals surface area contributed by atoms with Crippen molar-refractivity contribution in [2.45, 2.75) is 13.0 Å². The molecule has 4 atom stereocenters. The van der Waals surface area contributed by atoms with Crippen molar-refractivity contribution in [1.29, 1.82) is 0 Å². The fourth-order valence-electron chi connectivity index (χ4n) is 4.58. The van der Waals surface area contributed by atoms with E-state index >= 15 is 0 Å². The predicted molar refractivity (Wildman–Crippen MR) is 109 cm³/mol. The van der Waals surface area contributed by atoms with E-state index in [4.69, 9.17) is 16.3 Å². The maximum Gasteiger partial charge on any atom is 0.254 e. The van der Waals surface area contributed by atoms with Gasteiger partial charge in [-0.15, -0.1) is 0 Å². The zero-order chi connectivity index (χ0) is 20.0. The number of imide groups is 1. The number of rotatable bonds is 5. The van der Waals surface area contributed by atoms with Crippen LogP contribution in [0.25, 0.3) is 0 Å². The van der Waals surface area contributed by atoms with Gasteiger partial charge in [-0.1, -0.05) is 48.0 Å². The maximum atomic E-state index is 12.7. The monoisotopic (exact) mass is 406 g/mol. The molecule has 0 radical (unpaired) electrons. The van der Waals surface area contributed by atoms with E-state index in [2.05, 4.69) is 17.3 Å². The summed E-state index contributed by atoms with van der Waals surface area (Å²) >= 11 is 5.92. The highest BCUT2D eigenvalue weighted by Crippen LogP contribution is 2.52. The van der Waals surface area contributed by atoms with E-state index in [1.165, 1.54) is 6.21 Å². The summed E-state index contributed by atoms with van der Waals surface area (Å²) in [5, 5.41) is 5.97. The highest BCUT2D eigenvalue weighted by atomic mass is 35.5. The number of nitrogens with zero attached hydrogens (tertiary/aromatic N) is 2. The smallest absolute Gasteiger partial charge is 0.254 e. The van der Waals surface area contributed by atoms with E-state index in [9.17, 15) is 9.59 Å². The minimum absolute atomic E-state index is 0.177. The van der Waals surface area contributed by atoms with Crippen LogP contribution < -0.4 is 4.74 Å². The molecule has 2 bridgehead atoms. The van der Waals surface area contributed by atoms with Crippen LogP contribution >= 0.6 is 11.6 Å². The van der Waals surface area contributed by atoms with Gasteiger partial charge in [-0.3, -0.25) is 9.59 Å². The first-order valence-corrected chi connectivity index (χ1v) is 10.1. The average Bonchev–Trinajstić information content (AvgIpc) is 3.41. The van der Waals surface area contributed by atoms with Crippen LogP contribution in [0, 0.1) is 23.7 Å². The Hall–Kier alpha value is -2.92. The lowest BCUT2D eigenvalue weighted by Crippen LogP contribution is -2.28. The van der Waals surface area contributed by atoms with Crippen molar-refractivity contribution in [3.8, 4) is 5.75 Å². The Balaban J connectivity index is 1.32. The number of ether oxygens (including phenoxy) is 1. The maximum absolute atomic E-state index is 12.7.